The molecule has 0 atom stereocenters. The summed E-state index contributed by atoms with van der Waals surface area (Å²) in [6.07, 6.45) is 3.94. The number of benzene rings is 1. The van der Waals surface area contributed by atoms with Crippen LogP contribution in [0, 0.1) is 0 Å². The van der Waals surface area contributed by atoms with E-state index in [4.69, 9.17) is 15.8 Å². The number of H-pyrrole nitrogens is 1. The van der Waals surface area contributed by atoms with Crippen LogP contribution >= 0.6 is 11.6 Å². The molecule has 0 fully saturated rings. The zero-order valence-corrected chi connectivity index (χ0v) is 16.5. The molecule has 0 amide bonds. The lowest BCUT2D eigenvalue weighted by atomic mass is 10.1. The highest BCUT2D eigenvalue weighted by Gasteiger charge is 2.20. The van der Waals surface area contributed by atoms with E-state index in [1.54, 1.807) is 18.3 Å². The summed E-state index contributed by atoms with van der Waals surface area (Å²) >= 11 is 5.98. The van der Waals surface area contributed by atoms with Crippen molar-refractivity contribution in [1.82, 2.24) is 19.7 Å². The maximum atomic E-state index is 13.0. The van der Waals surface area contributed by atoms with Crippen molar-refractivity contribution in [2.24, 2.45) is 0 Å². The molecule has 0 bridgehead atoms. The van der Waals surface area contributed by atoms with Crippen LogP contribution in [0.2, 0.25) is 5.02 Å². The molecule has 0 spiro atoms. The number of fused-ring (bicyclic) bond motifs is 2. The van der Waals surface area contributed by atoms with Crippen molar-refractivity contribution < 1.29 is 12.6 Å². The van der Waals surface area contributed by atoms with Gasteiger partial charge in [-0.1, -0.05) is 17.7 Å². The Kier molecular flexibility index (Phi) is 4.59. The van der Waals surface area contributed by atoms with Crippen LogP contribution in [0.4, 0.5) is 0 Å². The van der Waals surface area contributed by atoms with E-state index in [0.29, 0.717) is 16.1 Å². The summed E-state index contributed by atoms with van der Waals surface area (Å²) < 4.78 is 29.4. The fourth-order valence-electron chi connectivity index (χ4n) is 2.94. The van der Waals surface area contributed by atoms with Crippen LogP contribution in [0.25, 0.3) is 21.8 Å². The number of aromatic amines is 1. The van der Waals surface area contributed by atoms with E-state index < -0.39 is 27.0 Å². The van der Waals surface area contributed by atoms with Crippen LogP contribution < -0.4 is 15.2 Å². The highest BCUT2D eigenvalue weighted by atomic mass is 35.5. The van der Waals surface area contributed by atoms with Crippen LogP contribution in [0.1, 0.15) is 5.56 Å². The van der Waals surface area contributed by atoms with E-state index in [9.17, 15) is 18.0 Å². The van der Waals surface area contributed by atoms with Crippen LogP contribution in [-0.2, 0) is 16.7 Å². The van der Waals surface area contributed by atoms with Crippen molar-refractivity contribution >= 4 is 43.5 Å². The molecule has 11 heteroatoms. The standard InChI is InChI=1S/C18H13ClN4O5S/c1-29(26,27)28-17-15-14(16(24)12-5-4-11(19)7-13(12)21-15)18(25)23(22-17)9-10-3-2-6-20-8-10/h2-8H,9H2,1H3,(H,21,24). The van der Waals surface area contributed by atoms with Gasteiger partial charge in [-0.25, -0.2) is 4.68 Å². The van der Waals surface area contributed by atoms with E-state index in [2.05, 4.69) is 15.1 Å². The third kappa shape index (κ3) is 3.71. The minimum Gasteiger partial charge on any atom is -0.358 e. The Morgan fingerprint density at radius 1 is 1.24 bits per heavy atom. The highest BCUT2D eigenvalue weighted by molar-refractivity contribution is 7.86. The predicted molar refractivity (Wildman–Crippen MR) is 108 cm³/mol. The summed E-state index contributed by atoms with van der Waals surface area (Å²) in [5.74, 6) is -0.412. The SMILES string of the molecule is CS(=O)(=O)Oc1nn(Cc2cccnc2)c(=O)c2c(=O)c3ccc(Cl)cc3[nH]c12. The second kappa shape index (κ2) is 6.98. The second-order valence-electron chi connectivity index (χ2n) is 6.31. The molecule has 0 saturated carbocycles. The first-order valence-corrected chi connectivity index (χ1v) is 10.5. The van der Waals surface area contributed by atoms with Crippen molar-refractivity contribution in [2.75, 3.05) is 6.26 Å². The lowest BCUT2D eigenvalue weighted by Gasteiger charge is -2.11. The van der Waals surface area contributed by atoms with Gasteiger partial charge in [-0.15, -0.1) is 5.10 Å². The van der Waals surface area contributed by atoms with E-state index >= 15 is 0 Å². The first-order chi connectivity index (χ1) is 13.7. The monoisotopic (exact) mass is 432 g/mol. The van der Waals surface area contributed by atoms with Gasteiger partial charge in [0, 0.05) is 22.8 Å². The molecule has 1 aromatic carbocycles. The first kappa shape index (κ1) is 19.1. The highest BCUT2D eigenvalue weighted by Crippen LogP contribution is 2.23. The fraction of sp³-hybridized carbons (Fsp3) is 0.111. The van der Waals surface area contributed by atoms with E-state index in [-0.39, 0.29) is 22.8 Å². The molecular formula is C18H13ClN4O5S. The van der Waals surface area contributed by atoms with Gasteiger partial charge in [0.15, 0.2) is 0 Å². The topological polar surface area (TPSA) is 124 Å². The Morgan fingerprint density at radius 2 is 2.03 bits per heavy atom. The molecule has 0 saturated heterocycles. The Labute approximate surface area is 168 Å². The van der Waals surface area contributed by atoms with Gasteiger partial charge in [0.1, 0.15) is 10.9 Å². The number of hydrogen-bond donors (Lipinski definition) is 1. The molecule has 1 N–H and O–H groups in total. The molecule has 4 aromatic rings. The lowest BCUT2D eigenvalue weighted by molar-refractivity contribution is 0.467. The van der Waals surface area contributed by atoms with E-state index in [1.807, 2.05) is 0 Å². The van der Waals surface area contributed by atoms with Gasteiger partial charge < -0.3 is 9.17 Å². The Balaban J connectivity index is 2.08. The van der Waals surface area contributed by atoms with E-state index in [0.717, 1.165) is 10.9 Å². The molecule has 0 aliphatic rings. The lowest BCUT2D eigenvalue weighted by Crippen LogP contribution is -2.29. The van der Waals surface area contributed by atoms with Gasteiger partial charge in [0.05, 0.1) is 18.3 Å². The quantitative estimate of drug-likeness (QED) is 0.384. The third-order valence-corrected chi connectivity index (χ3v) is 4.82. The molecule has 0 aliphatic heterocycles. The molecule has 9 nitrogen and oxygen atoms in total. The zero-order chi connectivity index (χ0) is 20.8. The molecule has 0 radical (unpaired) electrons. The Morgan fingerprint density at radius 3 is 2.72 bits per heavy atom. The van der Waals surface area contributed by atoms with Crippen molar-refractivity contribution in [3.63, 3.8) is 0 Å². The summed E-state index contributed by atoms with van der Waals surface area (Å²) in [6, 6.07) is 7.89. The largest absolute Gasteiger partial charge is 0.358 e. The minimum atomic E-state index is -3.98. The molecule has 0 aliphatic carbocycles. The van der Waals surface area contributed by atoms with E-state index in [1.165, 1.54) is 24.4 Å². The maximum Gasteiger partial charge on any atom is 0.307 e. The molecule has 3 heterocycles. The van der Waals surface area contributed by atoms with Gasteiger partial charge >= 0.3 is 10.1 Å². The molecular weight excluding hydrogens is 420 g/mol. The summed E-state index contributed by atoms with van der Waals surface area (Å²) in [5.41, 5.74) is -0.447. The normalized spacial score (nSPS) is 11.8. The number of halogens is 1. The second-order valence-corrected chi connectivity index (χ2v) is 8.32. The van der Waals surface area contributed by atoms with Gasteiger partial charge in [0.25, 0.3) is 11.4 Å². The minimum absolute atomic E-state index is 0.0270. The van der Waals surface area contributed by atoms with Crippen molar-refractivity contribution in [3.05, 3.63) is 73.9 Å². The van der Waals surface area contributed by atoms with Crippen LogP contribution in [-0.4, -0.2) is 34.4 Å². The molecule has 29 heavy (non-hydrogen) atoms. The van der Waals surface area contributed by atoms with Crippen LogP contribution in [0.5, 0.6) is 5.88 Å². The fourth-order valence-corrected chi connectivity index (χ4v) is 3.51. The van der Waals surface area contributed by atoms with Crippen molar-refractivity contribution in [3.8, 4) is 5.88 Å². The third-order valence-electron chi connectivity index (χ3n) is 4.12. The number of nitrogens with one attached hydrogen (secondary N) is 1. The molecule has 148 valence electrons. The van der Waals surface area contributed by atoms with Gasteiger partial charge in [-0.3, -0.25) is 14.6 Å². The number of nitrogens with zero attached hydrogens (tertiary/aromatic N) is 3. The Bertz CT molecular complexity index is 1480. The summed E-state index contributed by atoms with van der Waals surface area (Å²) in [5, 5.41) is 4.34. The number of rotatable bonds is 4. The number of hydrogen-bond acceptors (Lipinski definition) is 7. The Hall–Kier alpha value is -3.24. The van der Waals surface area contributed by atoms with Crippen molar-refractivity contribution in [2.45, 2.75) is 6.54 Å². The summed E-state index contributed by atoms with van der Waals surface area (Å²) in [6.45, 7) is -0.0270. The summed E-state index contributed by atoms with van der Waals surface area (Å²) in [4.78, 5) is 32.9. The first-order valence-electron chi connectivity index (χ1n) is 8.28. The zero-order valence-electron chi connectivity index (χ0n) is 14.9. The maximum absolute atomic E-state index is 13.0. The van der Waals surface area contributed by atoms with Gasteiger partial charge in [0.2, 0.25) is 5.43 Å². The summed E-state index contributed by atoms with van der Waals surface area (Å²) in [7, 11) is -3.98. The molecule has 4 rings (SSSR count). The molecule has 3 aromatic heterocycles. The predicted octanol–water partition coefficient (Wildman–Crippen LogP) is 1.67. The van der Waals surface area contributed by atoms with Crippen LogP contribution in [0.3, 0.4) is 0 Å². The van der Waals surface area contributed by atoms with Gasteiger partial charge in [-0.2, -0.15) is 8.42 Å². The number of aromatic nitrogens is 4. The average molecular weight is 433 g/mol. The smallest absolute Gasteiger partial charge is 0.307 e. The van der Waals surface area contributed by atoms with Crippen LogP contribution in [0.15, 0.2) is 52.3 Å². The number of pyridine rings is 2. The van der Waals surface area contributed by atoms with Gasteiger partial charge in [-0.05, 0) is 29.8 Å². The molecule has 0 unspecified atom stereocenters. The van der Waals surface area contributed by atoms with Crippen molar-refractivity contribution in [1.29, 1.82) is 0 Å². The average Bonchev–Trinajstić information content (AvgIpc) is 2.65.